The topological polar surface area (TPSA) is 95.9 Å². The summed E-state index contributed by atoms with van der Waals surface area (Å²) in [5.41, 5.74) is 0. The molecule has 92 heavy (non-hydrogen) atoms. The van der Waals surface area contributed by atoms with Crippen LogP contribution in [0.5, 0.6) is 0 Å². The number of aliphatic hydroxyl groups is 2. The Morgan fingerprint density at radius 2 is 0.511 bits per heavy atom. The molecule has 0 aliphatic rings. The lowest BCUT2D eigenvalue weighted by Crippen LogP contribution is -2.45. The third kappa shape index (κ3) is 77.3. The Morgan fingerprint density at radius 3 is 0.772 bits per heavy atom. The van der Waals surface area contributed by atoms with Crippen LogP contribution < -0.4 is 5.32 Å². The van der Waals surface area contributed by atoms with Crippen LogP contribution in [0.1, 0.15) is 489 Å². The number of aliphatic hydroxyl groups excluding tert-OH is 2. The fourth-order valence-electron chi connectivity index (χ4n) is 13.8. The van der Waals surface area contributed by atoms with Crippen molar-refractivity contribution in [1.82, 2.24) is 5.32 Å². The van der Waals surface area contributed by atoms with Crippen LogP contribution in [0, 0.1) is 0 Å². The summed E-state index contributed by atoms with van der Waals surface area (Å²) in [7, 11) is 0. The highest BCUT2D eigenvalue weighted by atomic mass is 16.5. The second kappa shape index (κ2) is 81.8. The first-order chi connectivity index (χ1) is 45.5. The third-order valence-corrected chi connectivity index (χ3v) is 20.2. The number of amides is 1. The number of rotatable bonds is 81. The average Bonchev–Trinajstić information content (AvgIpc) is 3.48. The third-order valence-electron chi connectivity index (χ3n) is 20.2. The van der Waals surface area contributed by atoms with Gasteiger partial charge in [0.15, 0.2) is 0 Å². The van der Waals surface area contributed by atoms with Gasteiger partial charge in [-0.1, -0.05) is 443 Å². The van der Waals surface area contributed by atoms with Gasteiger partial charge in [0.05, 0.1) is 25.4 Å². The van der Waals surface area contributed by atoms with Gasteiger partial charge in [0.25, 0.3) is 0 Å². The van der Waals surface area contributed by atoms with E-state index in [-0.39, 0.29) is 18.5 Å². The molecule has 6 nitrogen and oxygen atoms in total. The number of nitrogens with one attached hydrogen (secondary N) is 1. The molecule has 6 heteroatoms. The Hall–Kier alpha value is -1.66. The number of hydrogen-bond donors (Lipinski definition) is 3. The first-order valence-electron chi connectivity index (χ1n) is 42.6. The fourth-order valence-corrected chi connectivity index (χ4v) is 13.8. The molecule has 3 N–H and O–H groups in total. The molecule has 0 saturated heterocycles. The van der Waals surface area contributed by atoms with Crippen molar-refractivity contribution in [3.8, 4) is 0 Å². The summed E-state index contributed by atoms with van der Waals surface area (Å²) < 4.78 is 5.52. The predicted molar refractivity (Wildman–Crippen MR) is 407 cm³/mol. The lowest BCUT2D eigenvalue weighted by molar-refractivity contribution is -0.143. The fraction of sp³-hybridized carbons (Fsp3) is 0.930. The molecule has 0 bridgehead atoms. The normalized spacial score (nSPS) is 12.5. The molecule has 2 unspecified atom stereocenters. The number of ether oxygens (including phenoxy) is 1. The van der Waals surface area contributed by atoms with E-state index >= 15 is 0 Å². The molecule has 0 rings (SSSR count). The Morgan fingerprint density at radius 1 is 0.293 bits per heavy atom. The van der Waals surface area contributed by atoms with Crippen molar-refractivity contribution < 1.29 is 24.5 Å². The molecule has 0 spiro atoms. The predicted octanol–water partition coefficient (Wildman–Crippen LogP) is 28.4. The molecule has 0 saturated carbocycles. The SMILES string of the molecule is CCCCCCCCCCCCCCCCCCCCCCC/C=C/C(O)C(CO)NC(=O)CCCCCCCCCCCCCCCCCCC/C=C\CCCCCCCCCCCCCCOC(=O)CCCCCCCCCCCCCCCCCCCCC. The van der Waals surface area contributed by atoms with E-state index in [1.54, 1.807) is 6.08 Å². The summed E-state index contributed by atoms with van der Waals surface area (Å²) in [6.45, 7) is 4.97. The number of hydrogen-bond acceptors (Lipinski definition) is 5. The zero-order chi connectivity index (χ0) is 66.3. The van der Waals surface area contributed by atoms with Crippen LogP contribution in [0.25, 0.3) is 0 Å². The van der Waals surface area contributed by atoms with E-state index in [0.717, 1.165) is 38.5 Å². The number of carbonyl (C=O) groups is 2. The molecule has 1 amide bonds. The van der Waals surface area contributed by atoms with Crippen LogP contribution in [0.2, 0.25) is 0 Å². The van der Waals surface area contributed by atoms with E-state index in [1.807, 2.05) is 6.08 Å². The molecule has 0 aromatic heterocycles. The van der Waals surface area contributed by atoms with Crippen LogP contribution in [-0.2, 0) is 14.3 Å². The second-order valence-corrected chi connectivity index (χ2v) is 29.5. The zero-order valence-corrected chi connectivity index (χ0v) is 62.8. The smallest absolute Gasteiger partial charge is 0.305 e. The van der Waals surface area contributed by atoms with E-state index in [4.69, 9.17) is 4.74 Å². The Labute approximate surface area is 577 Å². The van der Waals surface area contributed by atoms with Crippen LogP contribution >= 0.6 is 0 Å². The highest BCUT2D eigenvalue weighted by Gasteiger charge is 2.18. The number of unbranched alkanes of at least 4 members (excludes halogenated alkanes) is 68. The summed E-state index contributed by atoms with van der Waals surface area (Å²) in [6.07, 6.45) is 106. The molecule has 546 valence electrons. The van der Waals surface area contributed by atoms with E-state index < -0.39 is 12.1 Å². The maximum atomic E-state index is 12.6. The molecule has 0 aromatic carbocycles. The highest BCUT2D eigenvalue weighted by Crippen LogP contribution is 2.21. The largest absolute Gasteiger partial charge is 0.466 e. The molecule has 2 atom stereocenters. The minimum Gasteiger partial charge on any atom is -0.466 e. The Kier molecular flexibility index (Phi) is 80.3. The molecule has 0 heterocycles. The van der Waals surface area contributed by atoms with Gasteiger partial charge in [-0.2, -0.15) is 0 Å². The molecule has 0 fully saturated rings. The average molecular weight is 1300 g/mol. The minimum absolute atomic E-state index is 0.0245. The lowest BCUT2D eigenvalue weighted by atomic mass is 10.0. The van der Waals surface area contributed by atoms with Gasteiger partial charge < -0.3 is 20.3 Å². The van der Waals surface area contributed by atoms with Gasteiger partial charge in [-0.3, -0.25) is 9.59 Å². The van der Waals surface area contributed by atoms with Gasteiger partial charge in [0, 0.05) is 12.8 Å². The van der Waals surface area contributed by atoms with E-state index in [1.165, 1.54) is 424 Å². The number of esters is 1. The van der Waals surface area contributed by atoms with Crippen molar-refractivity contribution in [2.45, 2.75) is 501 Å². The summed E-state index contributed by atoms with van der Waals surface area (Å²) in [5, 5.41) is 23.3. The van der Waals surface area contributed by atoms with E-state index in [2.05, 4.69) is 31.3 Å². The number of allylic oxidation sites excluding steroid dienone is 3. The Bertz CT molecular complexity index is 1450. The molecule has 0 radical (unpaired) electrons. The first-order valence-corrected chi connectivity index (χ1v) is 42.6. The minimum atomic E-state index is -0.844. The van der Waals surface area contributed by atoms with Crippen LogP contribution in [-0.4, -0.2) is 47.4 Å². The molecule has 0 aliphatic heterocycles. The van der Waals surface area contributed by atoms with Crippen LogP contribution in [0.4, 0.5) is 0 Å². The summed E-state index contributed by atoms with van der Waals surface area (Å²) >= 11 is 0. The standard InChI is InChI=1S/C86H167NO5/c1-3-5-7-9-11-13-15-17-19-21-23-24-36-39-43-46-50-54-58-62-66-70-74-78-84(89)83(82-88)87-85(90)79-75-71-67-63-59-55-51-47-44-40-37-34-32-30-28-26-25-27-29-31-33-35-38-41-45-49-53-57-61-65-69-73-77-81-92-86(91)80-76-72-68-64-60-56-52-48-42-22-20-18-16-14-12-10-8-6-4-2/h29,31,74,78,83-84,88-89H,3-28,30,32-73,75-77,79-82H2,1-2H3,(H,87,90)/b31-29-,78-74+. The van der Waals surface area contributed by atoms with Gasteiger partial charge in [-0.05, 0) is 57.8 Å². The van der Waals surface area contributed by atoms with Gasteiger partial charge in [0.1, 0.15) is 0 Å². The number of carbonyl (C=O) groups excluding carboxylic acids is 2. The second-order valence-electron chi connectivity index (χ2n) is 29.5. The molecular formula is C86H167NO5. The van der Waals surface area contributed by atoms with Gasteiger partial charge in [0.2, 0.25) is 5.91 Å². The van der Waals surface area contributed by atoms with Crippen LogP contribution in [0.15, 0.2) is 24.3 Å². The maximum absolute atomic E-state index is 12.6. The van der Waals surface area contributed by atoms with Crippen molar-refractivity contribution in [2.24, 2.45) is 0 Å². The molecule has 0 aromatic rings. The summed E-state index contributed by atoms with van der Waals surface area (Å²) in [5.74, 6) is -0.0348. The molecule has 0 aliphatic carbocycles. The van der Waals surface area contributed by atoms with E-state index in [9.17, 15) is 19.8 Å². The molecular weight excluding hydrogens is 1130 g/mol. The van der Waals surface area contributed by atoms with Crippen molar-refractivity contribution in [2.75, 3.05) is 13.2 Å². The van der Waals surface area contributed by atoms with E-state index in [0.29, 0.717) is 19.4 Å². The van der Waals surface area contributed by atoms with Gasteiger partial charge in [-0.25, -0.2) is 0 Å². The van der Waals surface area contributed by atoms with Crippen molar-refractivity contribution in [3.63, 3.8) is 0 Å². The van der Waals surface area contributed by atoms with Gasteiger partial charge in [-0.15, -0.1) is 0 Å². The summed E-state index contributed by atoms with van der Waals surface area (Å²) in [6, 6.07) is -0.627. The zero-order valence-electron chi connectivity index (χ0n) is 62.8. The van der Waals surface area contributed by atoms with Crippen molar-refractivity contribution in [3.05, 3.63) is 24.3 Å². The monoisotopic (exact) mass is 1290 g/mol. The quantitative estimate of drug-likeness (QED) is 0.0320. The maximum Gasteiger partial charge on any atom is 0.305 e. The van der Waals surface area contributed by atoms with Crippen molar-refractivity contribution in [1.29, 1.82) is 0 Å². The lowest BCUT2D eigenvalue weighted by Gasteiger charge is -2.20. The van der Waals surface area contributed by atoms with Gasteiger partial charge >= 0.3 is 5.97 Å². The first kappa shape index (κ1) is 90.3. The van der Waals surface area contributed by atoms with Crippen molar-refractivity contribution >= 4 is 11.9 Å². The van der Waals surface area contributed by atoms with Crippen LogP contribution in [0.3, 0.4) is 0 Å². The Balaban J connectivity index is 3.35. The highest BCUT2D eigenvalue weighted by molar-refractivity contribution is 5.76. The summed E-state index contributed by atoms with van der Waals surface area (Å²) in [4.78, 5) is 24.7.